The van der Waals surface area contributed by atoms with Crippen molar-refractivity contribution in [3.8, 4) is 0 Å². The highest BCUT2D eigenvalue weighted by atomic mass is 19.1. The molecule has 0 aliphatic carbocycles. The third-order valence-corrected chi connectivity index (χ3v) is 3.74. The highest BCUT2D eigenvalue weighted by molar-refractivity contribution is 5.96. The fraction of sp³-hybridized carbons (Fsp3) is 0.263. The van der Waals surface area contributed by atoms with Gasteiger partial charge in [-0.25, -0.2) is 4.39 Å². The third-order valence-electron chi connectivity index (χ3n) is 3.74. The van der Waals surface area contributed by atoms with Gasteiger partial charge in [-0.05, 0) is 56.3 Å². The predicted molar refractivity (Wildman–Crippen MR) is 97.2 cm³/mol. The van der Waals surface area contributed by atoms with Crippen molar-refractivity contribution in [3.05, 3.63) is 59.9 Å². The summed E-state index contributed by atoms with van der Waals surface area (Å²) in [5.74, 6) is -0.651. The van der Waals surface area contributed by atoms with Crippen LogP contribution in [0.4, 0.5) is 15.8 Å². The van der Waals surface area contributed by atoms with Crippen LogP contribution in [-0.4, -0.2) is 36.3 Å². The lowest BCUT2D eigenvalue weighted by Crippen LogP contribution is -2.30. The van der Waals surface area contributed by atoms with Crippen LogP contribution in [0, 0.1) is 5.82 Å². The number of hydrogen-bond acceptors (Lipinski definition) is 3. The molecule has 0 atom stereocenters. The van der Waals surface area contributed by atoms with Crippen LogP contribution in [0.5, 0.6) is 0 Å². The standard InChI is InChI=1S/C19H22FN3O2/c1-3-23(4-2)19(25)14-6-5-7-17(12-14)21-13-18(24)22-16-10-8-15(20)9-11-16/h5-12,21H,3-4,13H2,1-2H3,(H,22,24). The van der Waals surface area contributed by atoms with Gasteiger partial charge in [-0.3, -0.25) is 9.59 Å². The molecule has 0 saturated heterocycles. The van der Waals surface area contributed by atoms with Crippen molar-refractivity contribution in [1.29, 1.82) is 0 Å². The Hall–Kier alpha value is -2.89. The van der Waals surface area contributed by atoms with Crippen LogP contribution in [0.1, 0.15) is 24.2 Å². The number of nitrogens with zero attached hydrogens (tertiary/aromatic N) is 1. The van der Waals surface area contributed by atoms with Crippen LogP contribution in [-0.2, 0) is 4.79 Å². The zero-order valence-electron chi connectivity index (χ0n) is 14.4. The molecule has 0 heterocycles. The first-order valence-corrected chi connectivity index (χ1v) is 8.22. The van der Waals surface area contributed by atoms with Gasteiger partial charge in [0.2, 0.25) is 5.91 Å². The summed E-state index contributed by atoms with van der Waals surface area (Å²) in [6, 6.07) is 12.6. The zero-order chi connectivity index (χ0) is 18.2. The van der Waals surface area contributed by atoms with E-state index >= 15 is 0 Å². The van der Waals surface area contributed by atoms with Crippen molar-refractivity contribution in [2.24, 2.45) is 0 Å². The Balaban J connectivity index is 1.94. The Morgan fingerprint density at radius 2 is 1.68 bits per heavy atom. The van der Waals surface area contributed by atoms with E-state index in [-0.39, 0.29) is 24.2 Å². The molecule has 0 fully saturated rings. The van der Waals surface area contributed by atoms with Crippen LogP contribution in [0.3, 0.4) is 0 Å². The Morgan fingerprint density at radius 1 is 1.00 bits per heavy atom. The summed E-state index contributed by atoms with van der Waals surface area (Å²) in [5.41, 5.74) is 1.79. The highest BCUT2D eigenvalue weighted by Gasteiger charge is 2.12. The van der Waals surface area contributed by atoms with Crippen molar-refractivity contribution in [2.75, 3.05) is 30.3 Å². The largest absolute Gasteiger partial charge is 0.376 e. The molecule has 0 aromatic heterocycles. The molecule has 0 radical (unpaired) electrons. The molecule has 0 spiro atoms. The minimum Gasteiger partial charge on any atom is -0.376 e. The quantitative estimate of drug-likeness (QED) is 0.810. The smallest absolute Gasteiger partial charge is 0.253 e. The molecule has 25 heavy (non-hydrogen) atoms. The summed E-state index contributed by atoms with van der Waals surface area (Å²) < 4.78 is 12.8. The summed E-state index contributed by atoms with van der Waals surface area (Å²) in [6.45, 7) is 5.20. The molecule has 6 heteroatoms. The summed E-state index contributed by atoms with van der Waals surface area (Å²) in [7, 11) is 0. The third kappa shape index (κ3) is 5.31. The van der Waals surface area contributed by atoms with Crippen LogP contribution in [0.15, 0.2) is 48.5 Å². The van der Waals surface area contributed by atoms with Gasteiger partial charge in [-0.15, -0.1) is 0 Å². The first kappa shape index (κ1) is 18.4. The first-order chi connectivity index (χ1) is 12.0. The molecule has 5 nitrogen and oxygen atoms in total. The van der Waals surface area contributed by atoms with E-state index in [2.05, 4.69) is 10.6 Å². The van der Waals surface area contributed by atoms with Gasteiger partial charge in [-0.2, -0.15) is 0 Å². The topological polar surface area (TPSA) is 61.4 Å². The van der Waals surface area contributed by atoms with Crippen LogP contribution in [0.25, 0.3) is 0 Å². The van der Waals surface area contributed by atoms with Crippen LogP contribution < -0.4 is 10.6 Å². The molecule has 2 N–H and O–H groups in total. The molecular formula is C19H22FN3O2. The van der Waals surface area contributed by atoms with Crippen LogP contribution >= 0.6 is 0 Å². The molecule has 0 bridgehead atoms. The van der Waals surface area contributed by atoms with E-state index in [4.69, 9.17) is 0 Å². The van der Waals surface area contributed by atoms with E-state index in [1.54, 1.807) is 29.2 Å². The van der Waals surface area contributed by atoms with E-state index in [9.17, 15) is 14.0 Å². The fourth-order valence-electron chi connectivity index (χ4n) is 2.38. The van der Waals surface area contributed by atoms with Crippen molar-refractivity contribution >= 4 is 23.2 Å². The molecule has 0 aliphatic rings. The lowest BCUT2D eigenvalue weighted by atomic mass is 10.1. The maximum absolute atomic E-state index is 12.8. The van der Waals surface area contributed by atoms with Crippen molar-refractivity contribution in [3.63, 3.8) is 0 Å². The summed E-state index contributed by atoms with van der Waals surface area (Å²) in [6.07, 6.45) is 0. The van der Waals surface area contributed by atoms with Crippen molar-refractivity contribution < 1.29 is 14.0 Å². The predicted octanol–water partition coefficient (Wildman–Crippen LogP) is 3.36. The molecule has 2 amide bonds. The average molecular weight is 343 g/mol. The normalized spacial score (nSPS) is 10.2. The second kappa shape index (κ2) is 8.82. The maximum atomic E-state index is 12.8. The fourth-order valence-corrected chi connectivity index (χ4v) is 2.38. The van der Waals surface area contributed by atoms with E-state index in [1.165, 1.54) is 24.3 Å². The number of nitrogens with one attached hydrogen (secondary N) is 2. The van der Waals surface area contributed by atoms with Gasteiger partial charge >= 0.3 is 0 Å². The summed E-state index contributed by atoms with van der Waals surface area (Å²) >= 11 is 0. The minimum atomic E-state index is -0.356. The molecule has 0 unspecified atom stereocenters. The van der Waals surface area contributed by atoms with Crippen molar-refractivity contribution in [2.45, 2.75) is 13.8 Å². The molecular weight excluding hydrogens is 321 g/mol. The Bertz CT molecular complexity index is 728. The number of benzene rings is 2. The van der Waals surface area contributed by atoms with E-state index in [0.29, 0.717) is 30.0 Å². The highest BCUT2D eigenvalue weighted by Crippen LogP contribution is 2.13. The van der Waals surface area contributed by atoms with E-state index in [1.807, 2.05) is 13.8 Å². The monoisotopic (exact) mass is 343 g/mol. The first-order valence-electron chi connectivity index (χ1n) is 8.22. The number of carbonyl (C=O) groups is 2. The molecule has 0 saturated carbocycles. The van der Waals surface area contributed by atoms with Gasteiger partial charge in [0.1, 0.15) is 5.82 Å². The molecule has 0 aliphatic heterocycles. The molecule has 132 valence electrons. The Kier molecular flexibility index (Phi) is 6.51. The maximum Gasteiger partial charge on any atom is 0.253 e. The number of hydrogen-bond donors (Lipinski definition) is 2. The van der Waals surface area contributed by atoms with Gasteiger partial charge in [0, 0.05) is 30.0 Å². The Morgan fingerprint density at radius 3 is 2.32 bits per heavy atom. The SMILES string of the molecule is CCN(CC)C(=O)c1cccc(NCC(=O)Nc2ccc(F)cc2)c1. The Labute approximate surface area is 146 Å². The molecule has 2 aromatic rings. The average Bonchev–Trinajstić information content (AvgIpc) is 2.63. The van der Waals surface area contributed by atoms with Gasteiger partial charge in [0.05, 0.1) is 6.54 Å². The molecule has 2 rings (SSSR count). The van der Waals surface area contributed by atoms with E-state index in [0.717, 1.165) is 0 Å². The van der Waals surface area contributed by atoms with Gasteiger partial charge in [-0.1, -0.05) is 6.07 Å². The number of anilines is 2. The number of rotatable bonds is 7. The number of carbonyl (C=O) groups excluding carboxylic acids is 2. The van der Waals surface area contributed by atoms with Gasteiger partial charge in [0.15, 0.2) is 0 Å². The van der Waals surface area contributed by atoms with Crippen molar-refractivity contribution in [1.82, 2.24) is 4.90 Å². The number of amides is 2. The van der Waals surface area contributed by atoms with Gasteiger partial charge in [0.25, 0.3) is 5.91 Å². The second-order valence-corrected chi connectivity index (χ2v) is 5.47. The zero-order valence-corrected chi connectivity index (χ0v) is 14.4. The summed E-state index contributed by atoms with van der Waals surface area (Å²) in [5, 5.41) is 5.66. The van der Waals surface area contributed by atoms with E-state index < -0.39 is 0 Å². The lowest BCUT2D eigenvalue weighted by molar-refractivity contribution is -0.114. The summed E-state index contributed by atoms with van der Waals surface area (Å²) in [4.78, 5) is 26.0. The molecule has 2 aromatic carbocycles. The second-order valence-electron chi connectivity index (χ2n) is 5.47. The minimum absolute atomic E-state index is 0.0376. The van der Waals surface area contributed by atoms with Crippen LogP contribution in [0.2, 0.25) is 0 Å². The van der Waals surface area contributed by atoms with Gasteiger partial charge < -0.3 is 15.5 Å². The number of halogens is 1. The lowest BCUT2D eigenvalue weighted by Gasteiger charge is -2.19.